The van der Waals surface area contributed by atoms with Gasteiger partial charge in [-0.2, -0.15) is 0 Å². The van der Waals surface area contributed by atoms with Gasteiger partial charge >= 0.3 is 13.8 Å². The third-order valence-corrected chi connectivity index (χ3v) is 2.34. The van der Waals surface area contributed by atoms with Crippen molar-refractivity contribution < 1.29 is 38.7 Å². The summed E-state index contributed by atoms with van der Waals surface area (Å²) in [4.78, 5) is 37.7. The summed E-state index contributed by atoms with van der Waals surface area (Å²) >= 11 is 5.24. The van der Waals surface area contributed by atoms with E-state index in [0.717, 1.165) is 0 Å². The zero-order valence-electron chi connectivity index (χ0n) is 7.82. The minimum absolute atomic E-state index is 0.501. The van der Waals surface area contributed by atoms with E-state index in [0.29, 0.717) is 0 Å². The van der Waals surface area contributed by atoms with Crippen molar-refractivity contribution in [3.05, 3.63) is 0 Å². The van der Waals surface area contributed by atoms with E-state index >= 15 is 0 Å². The molecule has 4 N–H and O–H groups in total. The minimum Gasteiger partial charge on any atom is -0.475 e. The van der Waals surface area contributed by atoms with E-state index in [1.165, 1.54) is 0 Å². The van der Waals surface area contributed by atoms with Crippen LogP contribution in [0, 0.1) is 0 Å². The van der Waals surface area contributed by atoms with Crippen molar-refractivity contribution in [2.75, 3.05) is 5.88 Å². The van der Waals surface area contributed by atoms with Crippen LogP contribution in [0.1, 0.15) is 6.42 Å². The molecule has 0 amide bonds. The van der Waals surface area contributed by atoms with Crippen molar-refractivity contribution in [2.45, 2.75) is 18.6 Å². The largest absolute Gasteiger partial charge is 0.475 e. The molecule has 2 atom stereocenters. The summed E-state index contributed by atoms with van der Waals surface area (Å²) in [5.41, 5.74) is 0. The Morgan fingerprint density at radius 1 is 1.38 bits per heavy atom. The van der Waals surface area contributed by atoms with Crippen LogP contribution in [0.4, 0.5) is 0 Å². The SMILES string of the molecule is O=C(O)C(=O)CC(O)C(CCl)OP(=O)(O)O. The molecule has 0 aliphatic carbocycles. The highest BCUT2D eigenvalue weighted by atomic mass is 35.5. The molecular formula is C6H10ClO8P. The summed E-state index contributed by atoms with van der Waals surface area (Å²) in [7, 11) is -4.86. The van der Waals surface area contributed by atoms with Crippen LogP contribution in [0.5, 0.6) is 0 Å². The van der Waals surface area contributed by atoms with Gasteiger partial charge in [0, 0.05) is 6.42 Å². The average Bonchev–Trinajstić information content (AvgIpc) is 2.12. The number of ketones is 1. The maximum Gasteiger partial charge on any atom is 0.469 e. The molecule has 0 fully saturated rings. The second kappa shape index (κ2) is 6.29. The summed E-state index contributed by atoms with van der Waals surface area (Å²) in [6.07, 6.45) is -4.06. The predicted octanol–water partition coefficient (Wildman–Crippen LogP) is -0.892. The van der Waals surface area contributed by atoms with Crippen molar-refractivity contribution in [3.63, 3.8) is 0 Å². The smallest absolute Gasteiger partial charge is 0.469 e. The number of carboxylic acids is 1. The van der Waals surface area contributed by atoms with E-state index in [2.05, 4.69) is 4.52 Å². The van der Waals surface area contributed by atoms with Gasteiger partial charge in [0.15, 0.2) is 0 Å². The first kappa shape index (κ1) is 15.5. The van der Waals surface area contributed by atoms with Crippen LogP contribution in [-0.4, -0.2) is 49.8 Å². The lowest BCUT2D eigenvalue weighted by molar-refractivity contribution is -0.150. The van der Waals surface area contributed by atoms with E-state index in [-0.39, 0.29) is 0 Å². The number of halogens is 1. The molecule has 0 radical (unpaired) electrons. The van der Waals surface area contributed by atoms with Crippen LogP contribution in [0.2, 0.25) is 0 Å². The normalized spacial score (nSPS) is 15.5. The molecule has 0 aliphatic rings. The Morgan fingerprint density at radius 2 is 1.88 bits per heavy atom. The van der Waals surface area contributed by atoms with Gasteiger partial charge in [-0.3, -0.25) is 9.32 Å². The third kappa shape index (κ3) is 6.16. The Hall–Kier alpha value is -0.500. The number of hydrogen-bond donors (Lipinski definition) is 4. The van der Waals surface area contributed by atoms with E-state index < -0.39 is 44.1 Å². The molecule has 8 nitrogen and oxygen atoms in total. The molecule has 0 aromatic rings. The number of carbonyl (C=O) groups is 2. The summed E-state index contributed by atoms with van der Waals surface area (Å²) in [6, 6.07) is 0. The number of aliphatic carboxylic acids is 1. The number of alkyl halides is 1. The zero-order chi connectivity index (χ0) is 12.9. The molecule has 0 aromatic heterocycles. The molecule has 0 heterocycles. The van der Waals surface area contributed by atoms with E-state index in [9.17, 15) is 19.3 Å². The Morgan fingerprint density at radius 3 is 2.19 bits per heavy atom. The van der Waals surface area contributed by atoms with Crippen molar-refractivity contribution in [3.8, 4) is 0 Å². The number of aliphatic hydroxyl groups excluding tert-OH is 1. The van der Waals surface area contributed by atoms with Crippen LogP contribution in [0.15, 0.2) is 0 Å². The standard InChI is InChI=1S/C6H10ClO8P/c7-2-5(15-16(12,13)14)3(8)1-4(9)6(10)11/h3,5,8H,1-2H2,(H,10,11)(H2,12,13,14). The van der Waals surface area contributed by atoms with E-state index in [4.69, 9.17) is 26.5 Å². The van der Waals surface area contributed by atoms with E-state index in [1.807, 2.05) is 0 Å². The number of phosphoric ester groups is 1. The lowest BCUT2D eigenvalue weighted by Gasteiger charge is -2.20. The number of carboxylic acid groups (broad SMARTS) is 1. The van der Waals surface area contributed by atoms with Gasteiger partial charge in [-0.25, -0.2) is 9.36 Å². The summed E-state index contributed by atoms with van der Waals surface area (Å²) in [5, 5.41) is 17.5. The Kier molecular flexibility index (Phi) is 6.09. The molecule has 0 saturated carbocycles. The number of phosphoric acid groups is 1. The maximum atomic E-state index is 10.7. The van der Waals surface area contributed by atoms with Gasteiger partial charge in [-0.05, 0) is 0 Å². The maximum absolute atomic E-state index is 10.7. The summed E-state index contributed by atoms with van der Waals surface area (Å²) in [5.74, 6) is -3.57. The molecule has 16 heavy (non-hydrogen) atoms. The summed E-state index contributed by atoms with van der Waals surface area (Å²) in [6.45, 7) is 0. The topological polar surface area (TPSA) is 141 Å². The fourth-order valence-electron chi connectivity index (χ4n) is 0.786. The predicted molar refractivity (Wildman–Crippen MR) is 50.9 cm³/mol. The molecule has 10 heteroatoms. The molecule has 0 aromatic carbocycles. The lowest BCUT2D eigenvalue weighted by Crippen LogP contribution is -2.33. The highest BCUT2D eigenvalue weighted by molar-refractivity contribution is 7.46. The Bertz CT molecular complexity index is 312. The fraction of sp³-hybridized carbons (Fsp3) is 0.667. The minimum atomic E-state index is -4.86. The second-order valence-corrected chi connectivity index (χ2v) is 4.29. The molecule has 0 saturated heterocycles. The molecular weight excluding hydrogens is 266 g/mol. The van der Waals surface area contributed by atoms with Gasteiger partial charge in [0.1, 0.15) is 6.10 Å². The van der Waals surface area contributed by atoms with Gasteiger partial charge in [-0.1, -0.05) is 0 Å². The van der Waals surface area contributed by atoms with E-state index in [1.54, 1.807) is 0 Å². The number of aliphatic hydroxyl groups is 1. The number of hydrogen-bond acceptors (Lipinski definition) is 5. The molecule has 0 rings (SSSR count). The molecule has 94 valence electrons. The van der Waals surface area contributed by atoms with Gasteiger partial charge in [0.25, 0.3) is 0 Å². The number of carbonyl (C=O) groups excluding carboxylic acids is 1. The van der Waals surface area contributed by atoms with Crippen LogP contribution in [-0.2, 0) is 18.7 Å². The number of rotatable bonds is 7. The van der Waals surface area contributed by atoms with Crippen LogP contribution >= 0.6 is 19.4 Å². The lowest BCUT2D eigenvalue weighted by atomic mass is 10.1. The second-order valence-electron chi connectivity index (χ2n) is 2.79. The van der Waals surface area contributed by atoms with Gasteiger partial charge in [0.05, 0.1) is 12.0 Å². The van der Waals surface area contributed by atoms with Crippen molar-refractivity contribution in [1.82, 2.24) is 0 Å². The van der Waals surface area contributed by atoms with Gasteiger partial charge in [0.2, 0.25) is 5.78 Å². The quantitative estimate of drug-likeness (QED) is 0.266. The zero-order valence-corrected chi connectivity index (χ0v) is 9.47. The highest BCUT2D eigenvalue weighted by Crippen LogP contribution is 2.38. The van der Waals surface area contributed by atoms with Gasteiger partial charge < -0.3 is 20.0 Å². The monoisotopic (exact) mass is 276 g/mol. The first-order valence-corrected chi connectivity index (χ1v) is 5.98. The molecule has 0 aliphatic heterocycles. The van der Waals surface area contributed by atoms with Gasteiger partial charge in [-0.15, -0.1) is 11.6 Å². The summed E-state index contributed by atoms with van der Waals surface area (Å²) < 4.78 is 14.5. The molecule has 0 bridgehead atoms. The van der Waals surface area contributed by atoms with Crippen molar-refractivity contribution >= 4 is 31.2 Å². The Balaban J connectivity index is 4.43. The first-order valence-electron chi connectivity index (χ1n) is 3.91. The molecule has 0 spiro atoms. The van der Waals surface area contributed by atoms with Crippen molar-refractivity contribution in [1.29, 1.82) is 0 Å². The fourth-order valence-corrected chi connectivity index (χ4v) is 1.71. The average molecular weight is 277 g/mol. The van der Waals surface area contributed by atoms with Crippen LogP contribution in [0.3, 0.4) is 0 Å². The Labute approximate surface area is 95.0 Å². The van der Waals surface area contributed by atoms with Crippen LogP contribution in [0.25, 0.3) is 0 Å². The van der Waals surface area contributed by atoms with Crippen molar-refractivity contribution in [2.24, 2.45) is 0 Å². The van der Waals surface area contributed by atoms with Crippen LogP contribution < -0.4 is 0 Å². The highest BCUT2D eigenvalue weighted by Gasteiger charge is 2.30. The third-order valence-electron chi connectivity index (χ3n) is 1.49. The number of Topliss-reactive ketones (excluding diaryl/α,β-unsaturated/α-hetero) is 1. The molecule has 2 unspecified atom stereocenters. The first-order chi connectivity index (χ1) is 7.17.